The number of carbonyl (C=O) groups excluding carboxylic acids is 1. The van der Waals surface area contributed by atoms with Gasteiger partial charge in [-0.05, 0) is 24.3 Å². The molecular formula is C13H10Cl2O3. The van der Waals surface area contributed by atoms with Crippen LogP contribution in [0, 0.1) is 0 Å². The van der Waals surface area contributed by atoms with Crippen LogP contribution in [0.4, 0.5) is 0 Å². The zero-order valence-corrected chi connectivity index (χ0v) is 11.1. The van der Waals surface area contributed by atoms with Gasteiger partial charge in [0.25, 0.3) is 0 Å². The van der Waals surface area contributed by atoms with Crippen molar-refractivity contribution in [2.45, 2.75) is 6.61 Å². The van der Waals surface area contributed by atoms with Crippen LogP contribution in [0.3, 0.4) is 0 Å². The van der Waals surface area contributed by atoms with Crippen LogP contribution in [0.25, 0.3) is 0 Å². The summed E-state index contributed by atoms with van der Waals surface area (Å²) in [6.45, 7) is 0.309. The maximum Gasteiger partial charge on any atom is 0.231 e. The zero-order chi connectivity index (χ0) is 13.1. The van der Waals surface area contributed by atoms with E-state index in [1.807, 2.05) is 0 Å². The second-order valence-electron chi connectivity index (χ2n) is 3.62. The molecule has 94 valence electrons. The summed E-state index contributed by atoms with van der Waals surface area (Å²) in [4.78, 5) is 12.2. The third-order valence-corrected chi connectivity index (χ3v) is 2.99. The lowest BCUT2D eigenvalue weighted by Gasteiger charge is -2.03. The number of hydrogen-bond donors (Lipinski definition) is 0. The van der Waals surface area contributed by atoms with E-state index in [1.165, 1.54) is 0 Å². The number of methoxy groups -OCH3 is 1. The molecule has 2 aromatic rings. The summed E-state index contributed by atoms with van der Waals surface area (Å²) in [5, 5.41) is 0.606. The fourth-order valence-electron chi connectivity index (χ4n) is 1.56. The molecule has 0 N–H and O–H groups in total. The molecule has 0 aliphatic heterocycles. The summed E-state index contributed by atoms with van der Waals surface area (Å²) >= 11 is 11.9. The Balaban J connectivity index is 2.35. The van der Waals surface area contributed by atoms with E-state index < -0.39 is 0 Å². The molecule has 0 saturated carbocycles. The van der Waals surface area contributed by atoms with Crippen molar-refractivity contribution in [1.29, 1.82) is 0 Å². The second kappa shape index (κ2) is 5.57. The Morgan fingerprint density at radius 3 is 2.50 bits per heavy atom. The molecule has 1 aromatic carbocycles. The van der Waals surface area contributed by atoms with Crippen LogP contribution < -0.4 is 0 Å². The van der Waals surface area contributed by atoms with E-state index in [9.17, 15) is 4.79 Å². The Morgan fingerprint density at radius 1 is 1.22 bits per heavy atom. The Morgan fingerprint density at radius 2 is 1.89 bits per heavy atom. The number of halogens is 2. The molecule has 0 saturated heterocycles. The SMILES string of the molecule is COCc1ccc(C(=O)c2c(Cl)cccc2Cl)o1. The van der Waals surface area contributed by atoms with Crippen molar-refractivity contribution in [2.75, 3.05) is 7.11 Å². The van der Waals surface area contributed by atoms with Gasteiger partial charge in [-0.25, -0.2) is 0 Å². The minimum Gasteiger partial charge on any atom is -0.455 e. The Labute approximate surface area is 114 Å². The summed E-state index contributed by atoms with van der Waals surface area (Å²) in [6, 6.07) is 8.16. The molecule has 0 bridgehead atoms. The third-order valence-electron chi connectivity index (χ3n) is 2.36. The van der Waals surface area contributed by atoms with Gasteiger partial charge in [-0.1, -0.05) is 29.3 Å². The van der Waals surface area contributed by atoms with E-state index >= 15 is 0 Å². The van der Waals surface area contributed by atoms with Crippen LogP contribution in [-0.2, 0) is 11.3 Å². The molecule has 0 amide bonds. The molecule has 0 spiro atoms. The Hall–Kier alpha value is -1.29. The minimum atomic E-state index is -0.340. The predicted octanol–water partition coefficient (Wildman–Crippen LogP) is 3.96. The van der Waals surface area contributed by atoms with Crippen molar-refractivity contribution >= 4 is 29.0 Å². The normalized spacial score (nSPS) is 10.6. The lowest BCUT2D eigenvalue weighted by molar-refractivity contribution is 0.1000. The number of ketones is 1. The van der Waals surface area contributed by atoms with Gasteiger partial charge in [0.1, 0.15) is 12.4 Å². The molecular weight excluding hydrogens is 275 g/mol. The Kier molecular flexibility index (Phi) is 4.07. The van der Waals surface area contributed by atoms with Crippen molar-refractivity contribution < 1.29 is 13.9 Å². The number of rotatable bonds is 4. The van der Waals surface area contributed by atoms with Gasteiger partial charge >= 0.3 is 0 Å². The molecule has 0 atom stereocenters. The molecule has 1 aromatic heterocycles. The fourth-order valence-corrected chi connectivity index (χ4v) is 2.13. The van der Waals surface area contributed by atoms with Crippen molar-refractivity contribution in [3.05, 3.63) is 57.5 Å². The summed E-state index contributed by atoms with van der Waals surface area (Å²) in [6.07, 6.45) is 0. The number of carbonyl (C=O) groups is 1. The molecule has 0 aliphatic carbocycles. The summed E-state index contributed by atoms with van der Waals surface area (Å²) in [5.41, 5.74) is 0.249. The van der Waals surface area contributed by atoms with E-state index in [0.717, 1.165) is 0 Å². The predicted molar refractivity (Wildman–Crippen MR) is 69.3 cm³/mol. The van der Waals surface area contributed by atoms with Crippen LogP contribution in [0.2, 0.25) is 10.0 Å². The highest BCUT2D eigenvalue weighted by Crippen LogP contribution is 2.27. The van der Waals surface area contributed by atoms with Crippen LogP contribution in [0.5, 0.6) is 0 Å². The number of benzene rings is 1. The summed E-state index contributed by atoms with van der Waals surface area (Å²) in [5.74, 6) is 0.425. The molecule has 0 radical (unpaired) electrons. The highest BCUT2D eigenvalue weighted by Gasteiger charge is 2.19. The number of furan rings is 1. The first kappa shape index (κ1) is 13.1. The zero-order valence-electron chi connectivity index (χ0n) is 9.57. The van der Waals surface area contributed by atoms with E-state index in [4.69, 9.17) is 32.4 Å². The average Bonchev–Trinajstić information content (AvgIpc) is 2.78. The first-order valence-corrected chi connectivity index (χ1v) is 5.95. The van der Waals surface area contributed by atoms with E-state index in [2.05, 4.69) is 0 Å². The van der Waals surface area contributed by atoms with Gasteiger partial charge in [-0.3, -0.25) is 4.79 Å². The Bertz CT molecular complexity index is 555. The molecule has 3 nitrogen and oxygen atoms in total. The van der Waals surface area contributed by atoms with Gasteiger partial charge in [0.2, 0.25) is 5.78 Å². The van der Waals surface area contributed by atoms with Crippen molar-refractivity contribution in [1.82, 2.24) is 0 Å². The van der Waals surface area contributed by atoms with Crippen molar-refractivity contribution in [2.24, 2.45) is 0 Å². The molecule has 0 aliphatic rings. The molecule has 5 heteroatoms. The van der Waals surface area contributed by atoms with Crippen LogP contribution >= 0.6 is 23.2 Å². The topological polar surface area (TPSA) is 39.4 Å². The maximum absolute atomic E-state index is 12.2. The van der Waals surface area contributed by atoms with E-state index in [0.29, 0.717) is 22.4 Å². The second-order valence-corrected chi connectivity index (χ2v) is 4.44. The monoisotopic (exact) mass is 284 g/mol. The largest absolute Gasteiger partial charge is 0.455 e. The van der Waals surface area contributed by atoms with Crippen molar-refractivity contribution in [3.63, 3.8) is 0 Å². The van der Waals surface area contributed by atoms with Crippen LogP contribution in [-0.4, -0.2) is 12.9 Å². The van der Waals surface area contributed by atoms with Gasteiger partial charge in [-0.2, -0.15) is 0 Å². The molecule has 2 rings (SSSR count). The standard InChI is InChI=1S/C13H10Cl2O3/c1-17-7-8-5-6-11(18-8)13(16)12-9(14)3-2-4-10(12)15/h2-6H,7H2,1H3. The molecule has 0 fully saturated rings. The van der Waals surface area contributed by atoms with Gasteiger partial charge in [-0.15, -0.1) is 0 Å². The first-order chi connectivity index (χ1) is 8.63. The number of ether oxygens (including phenoxy) is 1. The van der Waals surface area contributed by atoms with Gasteiger partial charge < -0.3 is 9.15 Å². The van der Waals surface area contributed by atoms with Crippen LogP contribution in [0.15, 0.2) is 34.7 Å². The van der Waals surface area contributed by atoms with E-state index in [1.54, 1.807) is 37.4 Å². The lowest BCUT2D eigenvalue weighted by Crippen LogP contribution is -2.01. The number of hydrogen-bond acceptors (Lipinski definition) is 3. The lowest BCUT2D eigenvalue weighted by atomic mass is 10.1. The third kappa shape index (κ3) is 2.58. The van der Waals surface area contributed by atoms with Gasteiger partial charge in [0.15, 0.2) is 5.76 Å². The highest BCUT2D eigenvalue weighted by atomic mass is 35.5. The van der Waals surface area contributed by atoms with Crippen molar-refractivity contribution in [3.8, 4) is 0 Å². The van der Waals surface area contributed by atoms with Gasteiger partial charge in [0.05, 0.1) is 15.6 Å². The van der Waals surface area contributed by atoms with Crippen LogP contribution in [0.1, 0.15) is 21.9 Å². The van der Waals surface area contributed by atoms with E-state index in [-0.39, 0.29) is 17.1 Å². The molecule has 18 heavy (non-hydrogen) atoms. The summed E-state index contributed by atoms with van der Waals surface area (Å²) < 4.78 is 10.3. The highest BCUT2D eigenvalue weighted by molar-refractivity contribution is 6.40. The smallest absolute Gasteiger partial charge is 0.231 e. The van der Waals surface area contributed by atoms with Gasteiger partial charge in [0, 0.05) is 7.11 Å². The fraction of sp³-hybridized carbons (Fsp3) is 0.154. The summed E-state index contributed by atoms with van der Waals surface area (Å²) in [7, 11) is 1.55. The first-order valence-electron chi connectivity index (χ1n) is 5.20. The minimum absolute atomic E-state index is 0.192. The maximum atomic E-state index is 12.2. The quantitative estimate of drug-likeness (QED) is 0.798. The molecule has 0 unspecified atom stereocenters. The average molecular weight is 285 g/mol. The molecule has 1 heterocycles.